The van der Waals surface area contributed by atoms with E-state index in [1.165, 1.54) is 0 Å². The van der Waals surface area contributed by atoms with Crippen molar-refractivity contribution < 1.29 is 9.90 Å². The van der Waals surface area contributed by atoms with E-state index in [2.05, 4.69) is 16.1 Å². The van der Waals surface area contributed by atoms with Crippen molar-refractivity contribution in [2.45, 2.75) is 12.5 Å². The maximum Gasteiger partial charge on any atom is 0.323 e. The van der Waals surface area contributed by atoms with Crippen LogP contribution in [0.5, 0.6) is 0 Å². The third-order valence-electron chi connectivity index (χ3n) is 1.79. The largest absolute Gasteiger partial charge is 0.480 e. The maximum absolute atomic E-state index is 10.8. The predicted molar refractivity (Wildman–Crippen MR) is 58.2 cm³/mol. The van der Waals surface area contributed by atoms with Crippen molar-refractivity contribution >= 4 is 33.9 Å². The Morgan fingerprint density at radius 3 is 2.50 bits per heavy atom. The summed E-state index contributed by atoms with van der Waals surface area (Å²) in [7, 11) is 0. The van der Waals surface area contributed by atoms with Crippen molar-refractivity contribution in [2.24, 2.45) is 0 Å². The number of carboxylic acids is 1. The number of carbonyl (C=O) groups is 1. The first kappa shape index (κ1) is 11.5. The summed E-state index contributed by atoms with van der Waals surface area (Å²) in [6, 6.07) is 8.57. The molecule has 0 heterocycles. The lowest BCUT2D eigenvalue weighted by Gasteiger charge is -2.14. The summed E-state index contributed by atoms with van der Waals surface area (Å²) >= 11 is 8.47. The number of nitrogens with zero attached hydrogens (tertiary/aromatic N) is 1. The number of hydrogen-bond acceptors (Lipinski definition) is 2. The first-order chi connectivity index (χ1) is 6.61. The van der Waals surface area contributed by atoms with Crippen molar-refractivity contribution in [1.29, 1.82) is 0 Å². The lowest BCUT2D eigenvalue weighted by Crippen LogP contribution is -2.31. The Balaban J connectivity index is 2.70. The second-order valence-corrected chi connectivity index (χ2v) is 4.34. The molecule has 0 unspecified atom stereocenters. The molecule has 0 amide bonds. The molecule has 0 aromatic heterocycles. The summed E-state index contributed by atoms with van der Waals surface area (Å²) in [5.41, 5.74) is 0.935. The van der Waals surface area contributed by atoms with E-state index in [9.17, 15) is 4.79 Å². The molecule has 3 nitrogen and oxygen atoms in total. The van der Waals surface area contributed by atoms with E-state index in [0.717, 1.165) is 9.01 Å². The molecule has 0 radical (unpaired) electrons. The molecular weight excluding hydrogens is 269 g/mol. The Morgan fingerprint density at radius 1 is 1.50 bits per heavy atom. The van der Waals surface area contributed by atoms with Crippen molar-refractivity contribution in [3.8, 4) is 0 Å². The van der Waals surface area contributed by atoms with E-state index in [1.54, 1.807) is 0 Å². The minimum atomic E-state index is -0.958. The number of hydrogen-bond donors (Lipinski definition) is 1. The van der Waals surface area contributed by atoms with Crippen LogP contribution < -0.4 is 0 Å². The highest BCUT2D eigenvalue weighted by Crippen LogP contribution is 2.15. The highest BCUT2D eigenvalue weighted by atomic mass is 79.9. The van der Waals surface area contributed by atoms with E-state index in [0.29, 0.717) is 6.42 Å². The Hall–Kier alpha value is -0.580. The fourth-order valence-corrected chi connectivity index (χ4v) is 1.55. The summed E-state index contributed by atoms with van der Waals surface area (Å²) in [6.07, 6.45) is 0.366. The number of aliphatic carboxylic acids is 1. The van der Waals surface area contributed by atoms with Crippen LogP contribution in [0.15, 0.2) is 30.3 Å². The van der Waals surface area contributed by atoms with Crippen LogP contribution in [0.1, 0.15) is 5.56 Å². The van der Waals surface area contributed by atoms with Gasteiger partial charge >= 0.3 is 5.97 Å². The van der Waals surface area contributed by atoms with E-state index in [1.807, 2.05) is 30.3 Å². The van der Waals surface area contributed by atoms with E-state index >= 15 is 0 Å². The fourth-order valence-electron chi connectivity index (χ4n) is 1.08. The molecule has 0 aliphatic rings. The van der Waals surface area contributed by atoms with Gasteiger partial charge in [0.25, 0.3) is 0 Å². The molecule has 1 atom stereocenters. The molecule has 0 spiro atoms. The standard InChI is InChI=1S/C9H9BrClNO2/c10-12(11)8(9(13)14)6-7-4-2-1-3-5-7/h1-5,8H,6H2,(H,13,14)/t8-/m0/s1. The van der Waals surface area contributed by atoms with E-state index in [4.69, 9.17) is 16.9 Å². The predicted octanol–water partition coefficient (Wildman–Crippen LogP) is 2.45. The number of rotatable bonds is 4. The van der Waals surface area contributed by atoms with Gasteiger partial charge in [-0.1, -0.05) is 30.3 Å². The smallest absolute Gasteiger partial charge is 0.323 e. The lowest BCUT2D eigenvalue weighted by molar-refractivity contribution is -0.140. The van der Waals surface area contributed by atoms with Crippen LogP contribution in [0.2, 0.25) is 0 Å². The van der Waals surface area contributed by atoms with Crippen molar-refractivity contribution in [1.82, 2.24) is 3.45 Å². The zero-order valence-electron chi connectivity index (χ0n) is 7.23. The van der Waals surface area contributed by atoms with Crippen LogP contribution in [0.25, 0.3) is 0 Å². The molecule has 1 aromatic rings. The van der Waals surface area contributed by atoms with Crippen molar-refractivity contribution in [3.63, 3.8) is 0 Å². The summed E-state index contributed by atoms with van der Waals surface area (Å²) in [5, 5.41) is 8.85. The third-order valence-corrected chi connectivity index (χ3v) is 2.52. The summed E-state index contributed by atoms with van der Waals surface area (Å²) in [4.78, 5) is 10.8. The molecule has 0 saturated carbocycles. The second-order valence-electron chi connectivity index (χ2n) is 2.80. The summed E-state index contributed by atoms with van der Waals surface area (Å²) in [6.45, 7) is 0. The molecule has 1 aromatic carbocycles. The topological polar surface area (TPSA) is 40.5 Å². The molecule has 5 heteroatoms. The number of benzene rings is 1. The van der Waals surface area contributed by atoms with Gasteiger partial charge in [0.2, 0.25) is 0 Å². The number of halogens is 2. The molecule has 0 aliphatic carbocycles. The quantitative estimate of drug-likeness (QED) is 0.860. The highest BCUT2D eigenvalue weighted by Gasteiger charge is 2.22. The average molecular weight is 279 g/mol. The number of carboxylic acid groups (broad SMARTS) is 1. The second kappa shape index (κ2) is 5.34. The molecular formula is C9H9BrClNO2. The van der Waals surface area contributed by atoms with Gasteiger partial charge < -0.3 is 5.11 Å². The normalized spacial score (nSPS) is 12.8. The van der Waals surface area contributed by atoms with Crippen molar-refractivity contribution in [3.05, 3.63) is 35.9 Å². The van der Waals surface area contributed by atoms with Crippen LogP contribution in [0.3, 0.4) is 0 Å². The Morgan fingerprint density at radius 2 is 2.07 bits per heavy atom. The molecule has 0 bridgehead atoms. The zero-order chi connectivity index (χ0) is 10.6. The molecule has 1 rings (SSSR count). The van der Waals surface area contributed by atoms with Gasteiger partial charge in [-0.2, -0.15) is 0 Å². The Kier molecular flexibility index (Phi) is 4.38. The van der Waals surface area contributed by atoms with Gasteiger partial charge in [0.05, 0.1) is 0 Å². The van der Waals surface area contributed by atoms with Gasteiger partial charge in [0.1, 0.15) is 6.04 Å². The van der Waals surface area contributed by atoms with Gasteiger partial charge in [-0.3, -0.25) is 4.79 Å². The molecule has 0 fully saturated rings. The van der Waals surface area contributed by atoms with Gasteiger partial charge in [0, 0.05) is 22.6 Å². The SMILES string of the molecule is O=C(O)[C@H](Cc1ccccc1)N(Cl)Br. The van der Waals surface area contributed by atoms with Crippen LogP contribution in [-0.4, -0.2) is 20.6 Å². The van der Waals surface area contributed by atoms with Crippen LogP contribution in [0.4, 0.5) is 0 Å². The van der Waals surface area contributed by atoms with Crippen LogP contribution in [-0.2, 0) is 11.2 Å². The molecule has 76 valence electrons. The first-order valence-electron chi connectivity index (χ1n) is 3.99. The van der Waals surface area contributed by atoms with Crippen LogP contribution >= 0.6 is 27.9 Å². The van der Waals surface area contributed by atoms with Crippen LogP contribution in [0, 0.1) is 0 Å². The maximum atomic E-state index is 10.8. The van der Waals surface area contributed by atoms with Crippen molar-refractivity contribution in [2.75, 3.05) is 0 Å². The van der Waals surface area contributed by atoms with Gasteiger partial charge in [-0.05, 0) is 17.3 Å². The third kappa shape index (κ3) is 3.29. The van der Waals surface area contributed by atoms with E-state index < -0.39 is 12.0 Å². The monoisotopic (exact) mass is 277 g/mol. The summed E-state index contributed by atoms with van der Waals surface area (Å²) in [5.74, 6) is -0.958. The molecule has 0 aliphatic heterocycles. The summed E-state index contributed by atoms with van der Waals surface area (Å²) < 4.78 is 1.00. The lowest BCUT2D eigenvalue weighted by atomic mass is 10.1. The fraction of sp³-hybridized carbons (Fsp3) is 0.222. The Bertz CT molecular complexity index is 305. The zero-order valence-corrected chi connectivity index (χ0v) is 9.57. The Labute approximate surface area is 95.7 Å². The first-order valence-corrected chi connectivity index (χ1v) is 5.03. The highest BCUT2D eigenvalue weighted by molar-refractivity contribution is 9.08. The molecule has 14 heavy (non-hydrogen) atoms. The average Bonchev–Trinajstić information content (AvgIpc) is 2.15. The van der Waals surface area contributed by atoms with Gasteiger partial charge in [-0.25, -0.2) is 0 Å². The van der Waals surface area contributed by atoms with Gasteiger partial charge in [-0.15, -0.1) is 3.45 Å². The minimum Gasteiger partial charge on any atom is -0.480 e. The van der Waals surface area contributed by atoms with Gasteiger partial charge in [0.15, 0.2) is 0 Å². The molecule has 1 N–H and O–H groups in total. The van der Waals surface area contributed by atoms with E-state index in [-0.39, 0.29) is 0 Å². The molecule has 0 saturated heterocycles. The minimum absolute atomic E-state index is 0.366.